The number of aromatic nitrogens is 1. The first kappa shape index (κ1) is 12.5. The molecule has 4 heteroatoms. The molecule has 2 heterocycles. The second kappa shape index (κ2) is 4.87. The van der Waals surface area contributed by atoms with Crippen molar-refractivity contribution in [1.29, 1.82) is 0 Å². The van der Waals surface area contributed by atoms with E-state index in [1.807, 2.05) is 6.07 Å². The third-order valence-electron chi connectivity index (χ3n) is 3.98. The molecule has 1 aromatic heterocycles. The number of nitrogens with zero attached hydrogens (tertiary/aromatic N) is 2. The third kappa shape index (κ3) is 2.22. The molecule has 1 fully saturated rings. The molecular weight excluding hydrogens is 238 g/mol. The maximum Gasteiger partial charge on any atom is 0.119 e. The monoisotopic (exact) mass is 259 g/mol. The number of hydrogen-bond donors (Lipinski definition) is 1. The van der Waals surface area contributed by atoms with E-state index in [2.05, 4.69) is 47.2 Å². The average Bonchev–Trinajstić information content (AvgIpc) is 2.75. The quantitative estimate of drug-likeness (QED) is 0.891. The van der Waals surface area contributed by atoms with Crippen molar-refractivity contribution < 1.29 is 4.74 Å². The van der Waals surface area contributed by atoms with E-state index in [4.69, 9.17) is 4.74 Å². The number of benzene rings is 1. The normalized spacial score (nSPS) is 20.9. The van der Waals surface area contributed by atoms with Crippen LogP contribution < -0.4 is 10.1 Å². The molecule has 1 saturated heterocycles. The predicted molar refractivity (Wildman–Crippen MR) is 77.7 cm³/mol. The Morgan fingerprint density at radius 3 is 2.89 bits per heavy atom. The first-order valence-electron chi connectivity index (χ1n) is 6.74. The third-order valence-corrected chi connectivity index (χ3v) is 3.98. The number of hydrogen-bond acceptors (Lipinski definition) is 3. The van der Waals surface area contributed by atoms with Gasteiger partial charge in [-0.3, -0.25) is 0 Å². The van der Waals surface area contributed by atoms with Gasteiger partial charge in [0.25, 0.3) is 0 Å². The van der Waals surface area contributed by atoms with E-state index in [0.717, 1.165) is 25.4 Å². The maximum absolute atomic E-state index is 5.35. The number of fused-ring (bicyclic) bond motifs is 1. The molecule has 1 unspecified atom stereocenters. The van der Waals surface area contributed by atoms with Crippen LogP contribution in [-0.2, 0) is 7.05 Å². The van der Waals surface area contributed by atoms with E-state index in [-0.39, 0.29) is 0 Å². The van der Waals surface area contributed by atoms with Crippen molar-refractivity contribution in [3.8, 4) is 5.75 Å². The zero-order valence-electron chi connectivity index (χ0n) is 11.8. The highest BCUT2D eigenvalue weighted by Crippen LogP contribution is 2.30. The molecule has 1 atom stereocenters. The van der Waals surface area contributed by atoms with Crippen LogP contribution in [0.1, 0.15) is 11.6 Å². The van der Waals surface area contributed by atoms with Crippen LogP contribution in [0.3, 0.4) is 0 Å². The van der Waals surface area contributed by atoms with Gasteiger partial charge in [0.2, 0.25) is 0 Å². The number of methoxy groups -OCH3 is 1. The van der Waals surface area contributed by atoms with E-state index in [0.29, 0.717) is 6.04 Å². The Bertz CT molecular complexity index is 590. The highest BCUT2D eigenvalue weighted by Gasteiger charge is 2.21. The minimum atomic E-state index is 0.398. The van der Waals surface area contributed by atoms with Crippen LogP contribution in [0.25, 0.3) is 10.9 Å². The molecule has 19 heavy (non-hydrogen) atoms. The first-order valence-corrected chi connectivity index (χ1v) is 6.74. The highest BCUT2D eigenvalue weighted by atomic mass is 16.5. The average molecular weight is 259 g/mol. The highest BCUT2D eigenvalue weighted by molar-refractivity contribution is 5.86. The fraction of sp³-hybridized carbons (Fsp3) is 0.467. The molecular formula is C15H21N3O. The summed E-state index contributed by atoms with van der Waals surface area (Å²) in [4.78, 5) is 2.38. The van der Waals surface area contributed by atoms with E-state index in [9.17, 15) is 0 Å². The van der Waals surface area contributed by atoms with Crippen LogP contribution in [-0.4, -0.2) is 43.3 Å². The van der Waals surface area contributed by atoms with Crippen LogP contribution >= 0.6 is 0 Å². The Morgan fingerprint density at radius 2 is 2.16 bits per heavy atom. The van der Waals surface area contributed by atoms with Crippen molar-refractivity contribution in [3.63, 3.8) is 0 Å². The maximum atomic E-state index is 5.35. The molecule has 0 amide bonds. The van der Waals surface area contributed by atoms with Crippen LogP contribution in [0, 0.1) is 0 Å². The molecule has 2 aromatic rings. The summed E-state index contributed by atoms with van der Waals surface area (Å²) in [5.74, 6) is 0.920. The van der Waals surface area contributed by atoms with Gasteiger partial charge in [0.15, 0.2) is 0 Å². The lowest BCUT2D eigenvalue weighted by molar-refractivity contribution is 0.241. The van der Waals surface area contributed by atoms with Crippen molar-refractivity contribution in [1.82, 2.24) is 14.8 Å². The smallest absolute Gasteiger partial charge is 0.119 e. The van der Waals surface area contributed by atoms with Crippen molar-refractivity contribution in [2.45, 2.75) is 6.04 Å². The van der Waals surface area contributed by atoms with Gasteiger partial charge >= 0.3 is 0 Å². The SMILES string of the molecule is COc1ccc2c(c1)c(C1CN(C)CCN1)cn2C. The lowest BCUT2D eigenvalue weighted by atomic mass is 10.0. The molecule has 0 radical (unpaired) electrons. The van der Waals surface area contributed by atoms with Gasteiger partial charge in [0.05, 0.1) is 7.11 Å². The van der Waals surface area contributed by atoms with Gasteiger partial charge in [0.1, 0.15) is 5.75 Å². The molecule has 0 aliphatic carbocycles. The number of ether oxygens (including phenoxy) is 1. The number of piperazine rings is 1. The van der Waals surface area contributed by atoms with Gasteiger partial charge in [-0.2, -0.15) is 0 Å². The van der Waals surface area contributed by atoms with Crippen LogP contribution in [0.2, 0.25) is 0 Å². The van der Waals surface area contributed by atoms with E-state index >= 15 is 0 Å². The first-order chi connectivity index (χ1) is 9.19. The van der Waals surface area contributed by atoms with Gasteiger partial charge in [-0.05, 0) is 30.8 Å². The molecule has 4 nitrogen and oxygen atoms in total. The summed E-state index contributed by atoms with van der Waals surface area (Å²) in [6.45, 7) is 3.21. The number of likely N-dealkylation sites (N-methyl/N-ethyl adjacent to an activating group) is 1. The van der Waals surface area contributed by atoms with Gasteiger partial charge in [0, 0.05) is 49.8 Å². The Kier molecular flexibility index (Phi) is 3.21. The summed E-state index contributed by atoms with van der Waals surface area (Å²) in [7, 11) is 6.00. The summed E-state index contributed by atoms with van der Waals surface area (Å²) >= 11 is 0. The fourth-order valence-electron chi connectivity index (χ4n) is 2.91. The van der Waals surface area contributed by atoms with Crippen LogP contribution in [0.15, 0.2) is 24.4 Å². The number of nitrogens with one attached hydrogen (secondary N) is 1. The Labute approximate surface area is 114 Å². The second-order valence-corrected chi connectivity index (χ2v) is 5.35. The van der Waals surface area contributed by atoms with E-state index in [1.54, 1.807) is 7.11 Å². The van der Waals surface area contributed by atoms with Gasteiger partial charge in [-0.1, -0.05) is 0 Å². The van der Waals surface area contributed by atoms with Gasteiger partial charge in [-0.25, -0.2) is 0 Å². The Balaban J connectivity index is 2.06. The summed E-state index contributed by atoms with van der Waals surface area (Å²) in [6.07, 6.45) is 2.24. The van der Waals surface area contributed by atoms with E-state index in [1.165, 1.54) is 16.5 Å². The lowest BCUT2D eigenvalue weighted by Gasteiger charge is -2.30. The Hall–Kier alpha value is -1.52. The van der Waals surface area contributed by atoms with Crippen LogP contribution in [0.5, 0.6) is 5.75 Å². The summed E-state index contributed by atoms with van der Waals surface area (Å²) in [6, 6.07) is 6.69. The van der Waals surface area contributed by atoms with E-state index < -0.39 is 0 Å². The van der Waals surface area contributed by atoms with Gasteiger partial charge < -0.3 is 19.5 Å². The number of rotatable bonds is 2. The van der Waals surface area contributed by atoms with Crippen molar-refractivity contribution in [2.75, 3.05) is 33.8 Å². The zero-order chi connectivity index (χ0) is 13.4. The van der Waals surface area contributed by atoms with Crippen molar-refractivity contribution in [3.05, 3.63) is 30.0 Å². The summed E-state index contributed by atoms with van der Waals surface area (Å²) in [5.41, 5.74) is 2.62. The van der Waals surface area contributed by atoms with Crippen molar-refractivity contribution >= 4 is 10.9 Å². The molecule has 1 N–H and O–H groups in total. The molecule has 102 valence electrons. The standard InChI is InChI=1S/C15H21N3O/c1-17-7-6-16-14(10-17)13-9-18(2)15-5-4-11(19-3)8-12(13)15/h4-5,8-9,14,16H,6-7,10H2,1-3H3. The molecule has 0 spiro atoms. The summed E-state index contributed by atoms with van der Waals surface area (Å²) < 4.78 is 7.55. The minimum absolute atomic E-state index is 0.398. The van der Waals surface area contributed by atoms with Crippen LogP contribution in [0.4, 0.5) is 0 Å². The van der Waals surface area contributed by atoms with Gasteiger partial charge in [-0.15, -0.1) is 0 Å². The summed E-state index contributed by atoms with van der Waals surface area (Å²) in [5, 5.41) is 4.90. The molecule has 0 bridgehead atoms. The molecule has 3 rings (SSSR count). The molecule has 1 aliphatic heterocycles. The molecule has 0 saturated carbocycles. The lowest BCUT2D eigenvalue weighted by Crippen LogP contribution is -2.43. The minimum Gasteiger partial charge on any atom is -0.497 e. The Morgan fingerprint density at radius 1 is 1.32 bits per heavy atom. The van der Waals surface area contributed by atoms with Crippen molar-refractivity contribution in [2.24, 2.45) is 7.05 Å². The molecule has 1 aromatic carbocycles. The largest absolute Gasteiger partial charge is 0.497 e. The topological polar surface area (TPSA) is 29.4 Å². The predicted octanol–water partition coefficient (Wildman–Crippen LogP) is 1.76. The molecule has 1 aliphatic rings. The second-order valence-electron chi connectivity index (χ2n) is 5.35. The fourth-order valence-corrected chi connectivity index (χ4v) is 2.91. The number of aryl methyl sites for hydroxylation is 1. The zero-order valence-corrected chi connectivity index (χ0v) is 11.8.